The van der Waals surface area contributed by atoms with Crippen LogP contribution in [0.25, 0.3) is 0 Å². The number of carbonyl (C=O) groups is 1. The molecular weight excluding hydrogens is 287 g/mol. The number of halogens is 1. The fraction of sp³-hybridized carbons (Fsp3) is 0.375. The van der Waals surface area contributed by atoms with Gasteiger partial charge in [0.1, 0.15) is 5.82 Å². The zero-order valence-corrected chi connectivity index (χ0v) is 12.4. The summed E-state index contributed by atoms with van der Waals surface area (Å²) in [5, 5.41) is 9.94. The molecule has 3 rings (SSSR count). The van der Waals surface area contributed by atoms with Crippen molar-refractivity contribution in [1.29, 1.82) is 0 Å². The Morgan fingerprint density at radius 1 is 1.45 bits per heavy atom. The maximum Gasteiger partial charge on any atom is 0.292 e. The lowest BCUT2D eigenvalue weighted by molar-refractivity contribution is 0.0681. The van der Waals surface area contributed by atoms with Gasteiger partial charge in [-0.25, -0.2) is 9.37 Å². The van der Waals surface area contributed by atoms with Gasteiger partial charge in [0.15, 0.2) is 5.89 Å². The molecule has 1 aromatic carbocycles. The van der Waals surface area contributed by atoms with E-state index in [0.29, 0.717) is 23.6 Å². The first-order chi connectivity index (χ1) is 10.5. The molecule has 1 aromatic heterocycles. The van der Waals surface area contributed by atoms with Crippen LogP contribution in [-0.2, 0) is 0 Å². The van der Waals surface area contributed by atoms with Gasteiger partial charge in [-0.1, -0.05) is 12.1 Å². The molecule has 1 N–H and O–H groups in total. The third kappa shape index (κ3) is 2.62. The van der Waals surface area contributed by atoms with E-state index in [4.69, 9.17) is 4.42 Å². The number of aromatic nitrogens is 1. The fourth-order valence-corrected chi connectivity index (χ4v) is 2.93. The van der Waals surface area contributed by atoms with E-state index >= 15 is 0 Å². The van der Waals surface area contributed by atoms with Crippen molar-refractivity contribution in [3.63, 3.8) is 0 Å². The molecule has 0 bridgehead atoms. The minimum absolute atomic E-state index is 0.174. The summed E-state index contributed by atoms with van der Waals surface area (Å²) in [6.45, 7) is 3.57. The molecule has 116 valence electrons. The molecule has 1 amide bonds. The number of oxazole rings is 1. The van der Waals surface area contributed by atoms with Crippen LogP contribution in [0.3, 0.4) is 0 Å². The molecule has 2 aromatic rings. The van der Waals surface area contributed by atoms with Crippen molar-refractivity contribution in [3.05, 3.63) is 53.0 Å². The van der Waals surface area contributed by atoms with Gasteiger partial charge >= 0.3 is 0 Å². The lowest BCUT2D eigenvalue weighted by Gasteiger charge is -2.24. The Morgan fingerprint density at radius 2 is 2.23 bits per heavy atom. The van der Waals surface area contributed by atoms with Gasteiger partial charge in [0.05, 0.1) is 17.8 Å². The number of aliphatic hydroxyl groups is 1. The molecule has 5 nitrogen and oxygen atoms in total. The number of aryl methyl sites for hydroxylation is 2. The van der Waals surface area contributed by atoms with Crippen molar-refractivity contribution in [3.8, 4) is 0 Å². The standard InChI is InChI=1S/C16H17FN2O3/c1-9-15(22-10(2)18-9)16(21)19-8-13(20)7-14(19)11-4-3-5-12(17)6-11/h3-6,13-14,20H,7-8H2,1-2H3/t13-,14-/m0/s1. The maximum absolute atomic E-state index is 13.4. The second-order valence-corrected chi connectivity index (χ2v) is 5.57. The quantitative estimate of drug-likeness (QED) is 0.925. The number of nitrogens with zero attached hydrogens (tertiary/aromatic N) is 2. The summed E-state index contributed by atoms with van der Waals surface area (Å²) in [5.41, 5.74) is 1.18. The van der Waals surface area contributed by atoms with Crippen LogP contribution in [0.5, 0.6) is 0 Å². The highest BCUT2D eigenvalue weighted by atomic mass is 19.1. The fourth-order valence-electron chi connectivity index (χ4n) is 2.93. The van der Waals surface area contributed by atoms with Crippen LogP contribution < -0.4 is 0 Å². The molecule has 2 atom stereocenters. The Balaban J connectivity index is 1.94. The largest absolute Gasteiger partial charge is 0.436 e. The number of aliphatic hydroxyl groups excluding tert-OH is 1. The molecule has 6 heteroatoms. The molecule has 1 aliphatic rings. The first kappa shape index (κ1) is 14.7. The molecule has 0 spiro atoms. The summed E-state index contributed by atoms with van der Waals surface area (Å²) in [5.74, 6) is -0.0993. The topological polar surface area (TPSA) is 66.6 Å². The van der Waals surface area contributed by atoms with Crippen LogP contribution in [0.4, 0.5) is 4.39 Å². The first-order valence-electron chi connectivity index (χ1n) is 7.14. The van der Waals surface area contributed by atoms with Crippen LogP contribution in [-0.4, -0.2) is 33.5 Å². The summed E-state index contributed by atoms with van der Waals surface area (Å²) in [7, 11) is 0. The predicted octanol–water partition coefficient (Wildman–Crippen LogP) is 2.38. The highest BCUT2D eigenvalue weighted by Gasteiger charge is 2.37. The summed E-state index contributed by atoms with van der Waals surface area (Å²) in [4.78, 5) is 18.3. The summed E-state index contributed by atoms with van der Waals surface area (Å²) >= 11 is 0. The van der Waals surface area contributed by atoms with E-state index in [-0.39, 0.29) is 30.1 Å². The zero-order chi connectivity index (χ0) is 15.9. The summed E-state index contributed by atoms with van der Waals surface area (Å²) in [6, 6.07) is 5.72. The highest BCUT2D eigenvalue weighted by Crippen LogP contribution is 2.34. The summed E-state index contributed by atoms with van der Waals surface area (Å²) in [6.07, 6.45) is -0.261. The van der Waals surface area contributed by atoms with Crippen molar-refractivity contribution in [2.45, 2.75) is 32.4 Å². The number of amides is 1. The monoisotopic (exact) mass is 304 g/mol. The SMILES string of the molecule is Cc1nc(C)c(C(=O)N2C[C@@H](O)C[C@H]2c2cccc(F)c2)o1. The van der Waals surface area contributed by atoms with Crippen molar-refractivity contribution in [2.75, 3.05) is 6.54 Å². The van der Waals surface area contributed by atoms with Gasteiger partial charge in [0, 0.05) is 13.5 Å². The molecule has 0 aliphatic carbocycles. The zero-order valence-electron chi connectivity index (χ0n) is 12.4. The Labute approximate surface area is 127 Å². The number of carbonyl (C=O) groups excluding carboxylic acids is 1. The van der Waals surface area contributed by atoms with E-state index in [0.717, 1.165) is 0 Å². The Morgan fingerprint density at radius 3 is 2.86 bits per heavy atom. The number of rotatable bonds is 2. The van der Waals surface area contributed by atoms with Gasteiger partial charge in [0.25, 0.3) is 5.91 Å². The van der Waals surface area contributed by atoms with E-state index in [9.17, 15) is 14.3 Å². The van der Waals surface area contributed by atoms with Crippen molar-refractivity contribution < 1.29 is 18.7 Å². The van der Waals surface area contributed by atoms with Crippen LogP contribution in [0.15, 0.2) is 28.7 Å². The molecule has 22 heavy (non-hydrogen) atoms. The van der Waals surface area contributed by atoms with Gasteiger partial charge in [-0.2, -0.15) is 0 Å². The molecular formula is C16H17FN2O3. The average molecular weight is 304 g/mol. The molecule has 1 fully saturated rings. The Hall–Kier alpha value is -2.21. The predicted molar refractivity (Wildman–Crippen MR) is 76.8 cm³/mol. The second kappa shape index (κ2) is 5.53. The number of β-amino-alcohol motifs (C(OH)–C–C–N with tert-alkyl or cyclic N) is 1. The van der Waals surface area contributed by atoms with E-state index in [2.05, 4.69) is 4.98 Å². The number of benzene rings is 1. The van der Waals surface area contributed by atoms with Crippen LogP contribution >= 0.6 is 0 Å². The van der Waals surface area contributed by atoms with Crippen LogP contribution in [0, 0.1) is 19.7 Å². The van der Waals surface area contributed by atoms with Crippen LogP contribution in [0.2, 0.25) is 0 Å². The molecule has 1 aliphatic heterocycles. The molecule has 0 radical (unpaired) electrons. The van der Waals surface area contributed by atoms with E-state index in [1.807, 2.05) is 0 Å². The number of hydrogen-bond acceptors (Lipinski definition) is 4. The van der Waals surface area contributed by atoms with Gasteiger partial charge < -0.3 is 14.4 Å². The highest BCUT2D eigenvalue weighted by molar-refractivity contribution is 5.93. The van der Waals surface area contributed by atoms with Gasteiger partial charge in [0.2, 0.25) is 5.76 Å². The third-order valence-electron chi connectivity index (χ3n) is 3.87. The minimum atomic E-state index is -0.637. The maximum atomic E-state index is 13.4. The van der Waals surface area contributed by atoms with E-state index in [1.165, 1.54) is 17.0 Å². The lowest BCUT2D eigenvalue weighted by Crippen LogP contribution is -2.32. The summed E-state index contributed by atoms with van der Waals surface area (Å²) < 4.78 is 18.8. The van der Waals surface area contributed by atoms with Crippen LogP contribution in [0.1, 0.15) is 40.2 Å². The Kier molecular flexibility index (Phi) is 3.70. The van der Waals surface area contributed by atoms with Gasteiger partial charge in [-0.3, -0.25) is 4.79 Å². The van der Waals surface area contributed by atoms with E-state index < -0.39 is 6.10 Å². The third-order valence-corrected chi connectivity index (χ3v) is 3.87. The van der Waals surface area contributed by atoms with E-state index in [1.54, 1.807) is 26.0 Å². The molecule has 0 saturated carbocycles. The molecule has 1 saturated heterocycles. The molecule has 0 unspecified atom stereocenters. The smallest absolute Gasteiger partial charge is 0.292 e. The first-order valence-corrected chi connectivity index (χ1v) is 7.14. The van der Waals surface area contributed by atoms with Crippen molar-refractivity contribution >= 4 is 5.91 Å². The van der Waals surface area contributed by atoms with Crippen molar-refractivity contribution in [1.82, 2.24) is 9.88 Å². The normalized spacial score (nSPS) is 21.4. The minimum Gasteiger partial charge on any atom is -0.436 e. The van der Waals surface area contributed by atoms with Crippen molar-refractivity contribution in [2.24, 2.45) is 0 Å². The van der Waals surface area contributed by atoms with Gasteiger partial charge in [-0.05, 0) is 31.0 Å². The Bertz CT molecular complexity index is 713. The second-order valence-electron chi connectivity index (χ2n) is 5.57. The molecule has 2 heterocycles. The number of hydrogen-bond donors (Lipinski definition) is 1. The average Bonchev–Trinajstić information content (AvgIpc) is 3.01. The van der Waals surface area contributed by atoms with Gasteiger partial charge in [-0.15, -0.1) is 0 Å². The lowest BCUT2D eigenvalue weighted by atomic mass is 10.0. The number of likely N-dealkylation sites (tertiary alicyclic amines) is 1.